The summed E-state index contributed by atoms with van der Waals surface area (Å²) in [5, 5.41) is 0. The van der Waals surface area contributed by atoms with Crippen molar-refractivity contribution in [2.24, 2.45) is 0 Å². The van der Waals surface area contributed by atoms with Crippen LogP contribution in [0, 0.1) is 0 Å². The molecule has 0 spiro atoms. The highest BCUT2D eigenvalue weighted by molar-refractivity contribution is 7.85. The molecule has 1 aromatic carbocycles. The zero-order chi connectivity index (χ0) is 11.3. The number of hydrogen-bond donors (Lipinski definition) is 2. The SMILES string of the molecule is Nc1cccc(OCCCS(=O)(=O)O)c1. The Hall–Kier alpha value is -1.27. The fraction of sp³-hybridized carbons (Fsp3) is 0.333. The van der Waals surface area contributed by atoms with Crippen molar-refractivity contribution in [3.05, 3.63) is 24.3 Å². The van der Waals surface area contributed by atoms with Gasteiger partial charge in [-0.2, -0.15) is 8.42 Å². The maximum atomic E-state index is 10.4. The molecule has 0 fully saturated rings. The molecule has 0 aliphatic carbocycles. The van der Waals surface area contributed by atoms with E-state index in [0.29, 0.717) is 11.4 Å². The molecule has 1 rings (SSSR count). The van der Waals surface area contributed by atoms with Gasteiger partial charge in [0.1, 0.15) is 5.75 Å². The second-order valence-corrected chi connectivity index (χ2v) is 4.63. The second kappa shape index (κ2) is 4.99. The summed E-state index contributed by atoms with van der Waals surface area (Å²) in [5.41, 5.74) is 6.10. The molecule has 0 aromatic heterocycles. The van der Waals surface area contributed by atoms with E-state index in [9.17, 15) is 8.42 Å². The Bertz CT molecular complexity index is 416. The standard InChI is InChI=1S/C9H13NO4S/c10-8-3-1-4-9(7-8)14-5-2-6-15(11,12)13/h1,3-4,7H,2,5-6,10H2,(H,11,12,13). The molecule has 5 nitrogen and oxygen atoms in total. The first-order valence-corrected chi connectivity index (χ1v) is 6.02. The molecule has 6 heteroatoms. The van der Waals surface area contributed by atoms with E-state index in [1.807, 2.05) is 0 Å². The van der Waals surface area contributed by atoms with Crippen LogP contribution < -0.4 is 10.5 Å². The highest BCUT2D eigenvalue weighted by atomic mass is 32.2. The summed E-state index contributed by atoms with van der Waals surface area (Å²) in [6.07, 6.45) is 0.244. The number of rotatable bonds is 5. The molecule has 15 heavy (non-hydrogen) atoms. The molecule has 0 unspecified atom stereocenters. The molecule has 0 saturated heterocycles. The monoisotopic (exact) mass is 231 g/mol. The lowest BCUT2D eigenvalue weighted by atomic mass is 10.3. The lowest BCUT2D eigenvalue weighted by molar-refractivity contribution is 0.316. The van der Waals surface area contributed by atoms with Crippen LogP contribution in [0.25, 0.3) is 0 Å². The van der Waals surface area contributed by atoms with E-state index in [2.05, 4.69) is 0 Å². The van der Waals surface area contributed by atoms with Crippen LogP contribution >= 0.6 is 0 Å². The molecule has 1 aromatic rings. The van der Waals surface area contributed by atoms with Crippen LogP contribution in [0.3, 0.4) is 0 Å². The van der Waals surface area contributed by atoms with Crippen LogP contribution in [0.2, 0.25) is 0 Å². The summed E-state index contributed by atoms with van der Waals surface area (Å²) in [4.78, 5) is 0. The Morgan fingerprint density at radius 2 is 2.13 bits per heavy atom. The first-order chi connectivity index (χ1) is 6.97. The zero-order valence-corrected chi connectivity index (χ0v) is 8.90. The molecule has 3 N–H and O–H groups in total. The minimum atomic E-state index is -3.89. The normalized spacial score (nSPS) is 11.3. The van der Waals surface area contributed by atoms with Crippen LogP contribution in [-0.2, 0) is 10.1 Å². The molecule has 0 amide bonds. The number of nitrogens with two attached hydrogens (primary N) is 1. The Balaban J connectivity index is 2.32. The van der Waals surface area contributed by atoms with Gasteiger partial charge >= 0.3 is 0 Å². The van der Waals surface area contributed by atoms with Crippen molar-refractivity contribution in [1.82, 2.24) is 0 Å². The number of nitrogen functional groups attached to an aromatic ring is 1. The van der Waals surface area contributed by atoms with Crippen LogP contribution in [-0.4, -0.2) is 25.3 Å². The highest BCUT2D eigenvalue weighted by Crippen LogP contribution is 2.14. The molecule has 0 aliphatic rings. The van der Waals surface area contributed by atoms with E-state index in [0.717, 1.165) is 0 Å². The molecule has 0 bridgehead atoms. The molecule has 84 valence electrons. The molecular formula is C9H13NO4S. The van der Waals surface area contributed by atoms with Gasteiger partial charge in [-0.3, -0.25) is 4.55 Å². The summed E-state index contributed by atoms with van der Waals surface area (Å²) < 4.78 is 34.4. The Morgan fingerprint density at radius 1 is 1.40 bits per heavy atom. The summed E-state index contributed by atoms with van der Waals surface area (Å²) >= 11 is 0. The second-order valence-electron chi connectivity index (χ2n) is 3.06. The third-order valence-corrected chi connectivity index (χ3v) is 2.48. The smallest absolute Gasteiger partial charge is 0.264 e. The van der Waals surface area contributed by atoms with Crippen LogP contribution in [0.5, 0.6) is 5.75 Å². The third kappa shape index (κ3) is 5.24. The fourth-order valence-electron chi connectivity index (χ4n) is 1.04. The van der Waals surface area contributed by atoms with E-state index < -0.39 is 10.1 Å². The average Bonchev–Trinajstić information content (AvgIpc) is 2.11. The first-order valence-electron chi connectivity index (χ1n) is 4.41. The van der Waals surface area contributed by atoms with E-state index >= 15 is 0 Å². The quantitative estimate of drug-likeness (QED) is 0.447. The third-order valence-electron chi connectivity index (χ3n) is 1.67. The van der Waals surface area contributed by atoms with E-state index in [-0.39, 0.29) is 18.8 Å². The van der Waals surface area contributed by atoms with Gasteiger partial charge in [0.15, 0.2) is 0 Å². The summed E-state index contributed by atoms with van der Waals surface area (Å²) in [6.45, 7) is 0.225. The highest BCUT2D eigenvalue weighted by Gasteiger charge is 2.03. The van der Waals surface area contributed by atoms with Gasteiger partial charge in [-0.05, 0) is 18.6 Å². The van der Waals surface area contributed by atoms with Gasteiger partial charge in [0.05, 0.1) is 12.4 Å². The van der Waals surface area contributed by atoms with Gasteiger partial charge < -0.3 is 10.5 Å². The van der Waals surface area contributed by atoms with Crippen molar-refractivity contribution in [2.75, 3.05) is 18.1 Å². The fourth-order valence-corrected chi connectivity index (χ4v) is 1.52. The lowest BCUT2D eigenvalue weighted by Gasteiger charge is -2.05. The zero-order valence-electron chi connectivity index (χ0n) is 8.09. The van der Waals surface area contributed by atoms with Gasteiger partial charge in [0, 0.05) is 11.8 Å². The predicted molar refractivity (Wildman–Crippen MR) is 57.4 cm³/mol. The number of ether oxygens (including phenoxy) is 1. The molecule has 0 saturated carbocycles. The van der Waals surface area contributed by atoms with Crippen molar-refractivity contribution in [3.63, 3.8) is 0 Å². The Labute approximate surface area is 88.6 Å². The molecular weight excluding hydrogens is 218 g/mol. The molecule has 0 aliphatic heterocycles. The van der Waals surface area contributed by atoms with Crippen LogP contribution in [0.15, 0.2) is 24.3 Å². The van der Waals surface area contributed by atoms with E-state index in [4.69, 9.17) is 15.0 Å². The Kier molecular flexibility index (Phi) is 3.93. The lowest BCUT2D eigenvalue weighted by Crippen LogP contribution is -2.08. The number of hydrogen-bond acceptors (Lipinski definition) is 4. The van der Waals surface area contributed by atoms with Gasteiger partial charge in [0.2, 0.25) is 0 Å². The van der Waals surface area contributed by atoms with Gasteiger partial charge in [-0.25, -0.2) is 0 Å². The molecule has 0 radical (unpaired) electrons. The van der Waals surface area contributed by atoms with Crippen molar-refractivity contribution in [2.45, 2.75) is 6.42 Å². The van der Waals surface area contributed by atoms with Crippen LogP contribution in [0.1, 0.15) is 6.42 Å². The summed E-state index contributed by atoms with van der Waals surface area (Å²) in [7, 11) is -3.89. The topological polar surface area (TPSA) is 89.6 Å². The van der Waals surface area contributed by atoms with Gasteiger partial charge in [-0.15, -0.1) is 0 Å². The molecule has 0 heterocycles. The van der Waals surface area contributed by atoms with E-state index in [1.54, 1.807) is 24.3 Å². The van der Waals surface area contributed by atoms with Crippen molar-refractivity contribution >= 4 is 15.8 Å². The summed E-state index contributed by atoms with van der Waals surface area (Å²) in [6, 6.07) is 6.84. The first kappa shape index (κ1) is 11.8. The predicted octanol–water partition coefficient (Wildman–Crippen LogP) is 0.925. The van der Waals surface area contributed by atoms with Crippen molar-refractivity contribution in [3.8, 4) is 5.75 Å². The van der Waals surface area contributed by atoms with Crippen LogP contribution in [0.4, 0.5) is 5.69 Å². The largest absolute Gasteiger partial charge is 0.493 e. The van der Waals surface area contributed by atoms with Gasteiger partial charge in [-0.1, -0.05) is 6.07 Å². The van der Waals surface area contributed by atoms with E-state index in [1.165, 1.54) is 0 Å². The minimum Gasteiger partial charge on any atom is -0.493 e. The van der Waals surface area contributed by atoms with Crippen molar-refractivity contribution < 1.29 is 17.7 Å². The minimum absolute atomic E-state index is 0.225. The average molecular weight is 231 g/mol. The maximum Gasteiger partial charge on any atom is 0.264 e. The van der Waals surface area contributed by atoms with Crippen molar-refractivity contribution in [1.29, 1.82) is 0 Å². The molecule has 0 atom stereocenters. The maximum absolute atomic E-state index is 10.4. The van der Waals surface area contributed by atoms with Gasteiger partial charge in [0.25, 0.3) is 10.1 Å². The summed E-state index contributed by atoms with van der Waals surface area (Å²) in [5.74, 6) is 0.292. The number of anilines is 1. The number of benzene rings is 1. The Morgan fingerprint density at radius 3 is 2.73 bits per heavy atom.